The number of anilines is 2. The lowest BCUT2D eigenvalue weighted by Gasteiger charge is -2.36. The lowest BCUT2D eigenvalue weighted by Crippen LogP contribution is -2.46. The number of halogens is 2. The second-order valence-electron chi connectivity index (χ2n) is 10.4. The van der Waals surface area contributed by atoms with Crippen molar-refractivity contribution in [2.75, 3.05) is 37.1 Å². The summed E-state index contributed by atoms with van der Waals surface area (Å²) in [5.41, 5.74) is 0.201. The molecule has 4 N–H and O–H groups in total. The van der Waals surface area contributed by atoms with Gasteiger partial charge in [0.25, 0.3) is 0 Å². The monoisotopic (exact) mass is 648 g/mol. The third kappa shape index (κ3) is 10.2. The quantitative estimate of drug-likeness (QED) is 0.232. The highest BCUT2D eigenvalue weighted by Crippen LogP contribution is 2.42. The summed E-state index contributed by atoms with van der Waals surface area (Å²) in [4.78, 5) is 32.3. The standard InChI is InChI=1S/C19H22FN3O3S.C10H12ClN3O.CH4O/c1-27(25,26)23-19(9-6-14-2-3-14,15-7-10-21-11-8-15)16-4-5-17(20)18(12-16)22-13-24;11-8-3-4-9(12-7-8)13-10(15)14-5-1-2-6-14;1-2/h4-5,7-8,10-14,23H,2-3,6,9H2,1H3,(H,22,24);3-4,7H,1-2,5-6H2,(H,12,13,15);2H,1H3. The van der Waals surface area contributed by atoms with Crippen molar-refractivity contribution < 1.29 is 27.5 Å². The third-order valence-corrected chi connectivity index (χ3v) is 8.13. The normalized spacial score (nSPS) is 15.5. The Balaban J connectivity index is 0.000000262. The number of urea groups is 1. The average molecular weight is 649 g/mol. The Hall–Kier alpha value is -3.65. The molecule has 1 saturated heterocycles. The molecule has 2 aliphatic rings. The minimum Gasteiger partial charge on any atom is -0.400 e. The molecule has 44 heavy (non-hydrogen) atoms. The van der Waals surface area contributed by atoms with Crippen LogP contribution in [0.5, 0.6) is 0 Å². The van der Waals surface area contributed by atoms with E-state index >= 15 is 0 Å². The second kappa shape index (κ2) is 16.4. The smallest absolute Gasteiger partial charge is 0.323 e. The summed E-state index contributed by atoms with van der Waals surface area (Å²) in [7, 11) is -2.59. The summed E-state index contributed by atoms with van der Waals surface area (Å²) in [6, 6.07) is 11.1. The third-order valence-electron chi connectivity index (χ3n) is 7.19. The van der Waals surface area contributed by atoms with Crippen molar-refractivity contribution in [1.82, 2.24) is 19.6 Å². The Bertz CT molecular complexity index is 1470. The van der Waals surface area contributed by atoms with Gasteiger partial charge in [-0.1, -0.05) is 30.5 Å². The molecule has 0 spiro atoms. The molecule has 3 heterocycles. The number of nitrogens with zero attached hydrogens (tertiary/aromatic N) is 3. The van der Waals surface area contributed by atoms with Gasteiger partial charge in [0.1, 0.15) is 11.6 Å². The molecule has 0 bridgehead atoms. The predicted octanol–water partition coefficient (Wildman–Crippen LogP) is 4.74. The molecule has 1 aromatic carbocycles. The van der Waals surface area contributed by atoms with E-state index in [1.807, 2.05) is 0 Å². The summed E-state index contributed by atoms with van der Waals surface area (Å²) >= 11 is 5.69. The van der Waals surface area contributed by atoms with Crippen LogP contribution in [0.15, 0.2) is 61.1 Å². The van der Waals surface area contributed by atoms with Gasteiger partial charge >= 0.3 is 6.03 Å². The van der Waals surface area contributed by atoms with E-state index in [-0.39, 0.29) is 11.7 Å². The average Bonchev–Trinajstić information content (AvgIpc) is 3.68. The fourth-order valence-electron chi connectivity index (χ4n) is 4.93. The van der Waals surface area contributed by atoms with Crippen LogP contribution in [-0.4, -0.2) is 67.3 Å². The molecule has 1 unspecified atom stereocenters. The molecule has 1 atom stereocenters. The summed E-state index contributed by atoms with van der Waals surface area (Å²) in [6.45, 7) is 1.67. The number of carbonyl (C=O) groups excluding carboxylic acids is 2. The number of rotatable bonds is 10. The maximum atomic E-state index is 14.0. The number of nitrogens with one attached hydrogen (secondary N) is 3. The van der Waals surface area contributed by atoms with Crippen LogP contribution >= 0.6 is 11.6 Å². The topological polar surface area (TPSA) is 154 Å². The largest absolute Gasteiger partial charge is 0.400 e. The van der Waals surface area contributed by atoms with Gasteiger partial charge in [0, 0.05) is 38.8 Å². The highest BCUT2D eigenvalue weighted by Gasteiger charge is 2.39. The van der Waals surface area contributed by atoms with Gasteiger partial charge in [-0.25, -0.2) is 27.3 Å². The van der Waals surface area contributed by atoms with E-state index in [1.54, 1.807) is 47.6 Å². The molecule has 5 rings (SSSR count). The zero-order chi connectivity index (χ0) is 32.2. The molecule has 14 heteroatoms. The molecule has 11 nitrogen and oxygen atoms in total. The molecule has 238 valence electrons. The fraction of sp³-hybridized carbons (Fsp3) is 0.400. The lowest BCUT2D eigenvalue weighted by atomic mass is 9.79. The van der Waals surface area contributed by atoms with Gasteiger partial charge in [0.15, 0.2) is 0 Å². The van der Waals surface area contributed by atoms with E-state index in [0.29, 0.717) is 40.7 Å². The van der Waals surface area contributed by atoms with Gasteiger partial charge in [0.2, 0.25) is 16.4 Å². The minimum absolute atomic E-state index is 0.00246. The van der Waals surface area contributed by atoms with Crippen LogP contribution in [0.1, 0.15) is 49.7 Å². The number of aliphatic hydroxyl groups is 1. The summed E-state index contributed by atoms with van der Waals surface area (Å²) in [5.74, 6) is 0.521. The Morgan fingerprint density at radius 3 is 2.36 bits per heavy atom. The van der Waals surface area contributed by atoms with Crippen LogP contribution in [0.2, 0.25) is 5.02 Å². The molecular formula is C30H38ClFN6O5S. The highest BCUT2D eigenvalue weighted by molar-refractivity contribution is 7.88. The Morgan fingerprint density at radius 2 is 1.80 bits per heavy atom. The van der Waals surface area contributed by atoms with E-state index in [4.69, 9.17) is 16.7 Å². The van der Waals surface area contributed by atoms with E-state index in [1.165, 1.54) is 18.3 Å². The first kappa shape index (κ1) is 34.8. The molecule has 3 aromatic rings. The SMILES string of the molecule is CO.CS(=O)(=O)NC(CCC1CC1)(c1ccncc1)c1ccc(F)c(NC=O)c1.O=C(Nc1ccc(Cl)cn1)N1CCCC1. The van der Waals surface area contributed by atoms with E-state index in [9.17, 15) is 22.4 Å². The van der Waals surface area contributed by atoms with Crippen molar-refractivity contribution >= 4 is 45.6 Å². The van der Waals surface area contributed by atoms with Gasteiger partial charge in [-0.3, -0.25) is 15.1 Å². The first-order valence-electron chi connectivity index (χ1n) is 14.1. The van der Waals surface area contributed by atoms with Crippen molar-refractivity contribution in [2.45, 2.75) is 44.1 Å². The van der Waals surface area contributed by atoms with Crippen LogP contribution in [0.3, 0.4) is 0 Å². The number of hydrogen-bond donors (Lipinski definition) is 4. The zero-order valence-electron chi connectivity index (χ0n) is 24.7. The van der Waals surface area contributed by atoms with E-state index < -0.39 is 21.4 Å². The number of amides is 3. The number of hydrogen-bond acceptors (Lipinski definition) is 7. The summed E-state index contributed by atoms with van der Waals surface area (Å²) in [5, 5.41) is 12.6. The van der Waals surface area contributed by atoms with Crippen molar-refractivity contribution in [2.24, 2.45) is 5.92 Å². The molecule has 1 saturated carbocycles. The van der Waals surface area contributed by atoms with Crippen LogP contribution in [0.25, 0.3) is 0 Å². The summed E-state index contributed by atoms with van der Waals surface area (Å²) in [6.07, 6.45) is 12.0. The van der Waals surface area contributed by atoms with Crippen LogP contribution in [-0.2, 0) is 20.4 Å². The van der Waals surface area contributed by atoms with Gasteiger partial charge in [-0.2, -0.15) is 0 Å². The lowest BCUT2D eigenvalue weighted by molar-refractivity contribution is -0.105. The molecule has 0 radical (unpaired) electrons. The minimum atomic E-state index is -3.59. The fourth-order valence-corrected chi connectivity index (χ4v) is 6.01. The molecule has 2 aromatic heterocycles. The number of benzene rings is 1. The van der Waals surface area contributed by atoms with Crippen molar-refractivity contribution in [3.05, 3.63) is 83.0 Å². The van der Waals surface area contributed by atoms with Gasteiger partial charge < -0.3 is 15.3 Å². The van der Waals surface area contributed by atoms with Gasteiger partial charge in [-0.15, -0.1) is 0 Å². The highest BCUT2D eigenvalue weighted by atomic mass is 35.5. The zero-order valence-corrected chi connectivity index (χ0v) is 26.2. The van der Waals surface area contributed by atoms with E-state index in [2.05, 4.69) is 25.3 Å². The van der Waals surface area contributed by atoms with Crippen LogP contribution in [0.4, 0.5) is 20.7 Å². The predicted molar refractivity (Wildman–Crippen MR) is 168 cm³/mol. The Labute approximate surface area is 262 Å². The number of carbonyl (C=O) groups is 2. The number of pyridine rings is 2. The number of likely N-dealkylation sites (tertiary alicyclic amines) is 1. The second-order valence-corrected chi connectivity index (χ2v) is 12.6. The Kier molecular flexibility index (Phi) is 13.0. The number of aromatic nitrogens is 2. The van der Waals surface area contributed by atoms with Gasteiger partial charge in [0.05, 0.1) is 22.5 Å². The molecule has 1 aliphatic carbocycles. The molecule has 3 amide bonds. The molecule has 1 aliphatic heterocycles. The maximum absolute atomic E-state index is 14.0. The molecular weight excluding hydrogens is 611 g/mol. The van der Waals surface area contributed by atoms with Gasteiger partial charge in [-0.05, 0) is 79.1 Å². The maximum Gasteiger partial charge on any atom is 0.323 e. The number of aliphatic hydroxyl groups excluding tert-OH is 1. The van der Waals surface area contributed by atoms with E-state index in [0.717, 1.165) is 58.6 Å². The van der Waals surface area contributed by atoms with Crippen molar-refractivity contribution in [3.63, 3.8) is 0 Å². The Morgan fingerprint density at radius 1 is 1.11 bits per heavy atom. The van der Waals surface area contributed by atoms with Crippen molar-refractivity contribution in [1.29, 1.82) is 0 Å². The van der Waals surface area contributed by atoms with Crippen LogP contribution in [0, 0.1) is 11.7 Å². The number of sulfonamides is 1. The summed E-state index contributed by atoms with van der Waals surface area (Å²) < 4.78 is 41.3. The van der Waals surface area contributed by atoms with Crippen LogP contribution < -0.4 is 15.4 Å². The molecule has 2 fully saturated rings. The first-order valence-corrected chi connectivity index (χ1v) is 16.4. The first-order chi connectivity index (χ1) is 21.1. The van der Waals surface area contributed by atoms with Crippen molar-refractivity contribution in [3.8, 4) is 0 Å².